The number of hydrogen-bond donors (Lipinski definition) is 1. The van der Waals surface area contributed by atoms with E-state index in [2.05, 4.69) is 0 Å². The minimum Gasteiger partial charge on any atom is -0.337 e. The highest BCUT2D eigenvalue weighted by Gasteiger charge is 2.29. The van der Waals surface area contributed by atoms with Crippen molar-refractivity contribution in [1.82, 2.24) is 4.90 Å². The number of nitrogens with two attached hydrogens (primary N) is 1. The van der Waals surface area contributed by atoms with Gasteiger partial charge in [0.2, 0.25) is 0 Å². The fourth-order valence-electron chi connectivity index (χ4n) is 2.60. The second kappa shape index (κ2) is 5.65. The van der Waals surface area contributed by atoms with Crippen LogP contribution in [0.5, 0.6) is 0 Å². The molecule has 0 aromatic heterocycles. The molecular weight excluding hydrogens is 250 g/mol. The Morgan fingerprint density at radius 1 is 1.26 bits per heavy atom. The van der Waals surface area contributed by atoms with Gasteiger partial charge in [0.05, 0.1) is 0 Å². The Kier molecular flexibility index (Phi) is 4.14. The molecule has 5 heteroatoms. The molecule has 2 N–H and O–H groups in total. The lowest BCUT2D eigenvalue weighted by Gasteiger charge is -2.36. The zero-order chi connectivity index (χ0) is 14.0. The van der Waals surface area contributed by atoms with Crippen LogP contribution in [0.1, 0.15) is 36.0 Å². The molecule has 0 saturated heterocycles. The van der Waals surface area contributed by atoms with Gasteiger partial charge in [-0.15, -0.1) is 0 Å². The van der Waals surface area contributed by atoms with Crippen molar-refractivity contribution in [2.45, 2.75) is 37.8 Å². The van der Waals surface area contributed by atoms with Gasteiger partial charge in [-0.2, -0.15) is 0 Å². The summed E-state index contributed by atoms with van der Waals surface area (Å²) in [6, 6.07) is 3.12. The van der Waals surface area contributed by atoms with Crippen molar-refractivity contribution in [2.24, 2.45) is 5.73 Å². The van der Waals surface area contributed by atoms with Crippen LogP contribution in [0.15, 0.2) is 18.2 Å². The molecule has 2 atom stereocenters. The Morgan fingerprint density at radius 3 is 2.58 bits per heavy atom. The lowest BCUT2D eigenvalue weighted by molar-refractivity contribution is 0.0671. The monoisotopic (exact) mass is 268 g/mol. The number of likely N-dealkylation sites (N-methyl/N-ethyl adjacent to an activating group) is 1. The predicted molar refractivity (Wildman–Crippen MR) is 68.7 cm³/mol. The molecule has 1 aliphatic carbocycles. The molecule has 3 nitrogen and oxygen atoms in total. The average Bonchev–Trinajstić information content (AvgIpc) is 2.41. The van der Waals surface area contributed by atoms with Crippen LogP contribution in [0.2, 0.25) is 0 Å². The van der Waals surface area contributed by atoms with Gasteiger partial charge in [0.1, 0.15) is 0 Å². The van der Waals surface area contributed by atoms with Crippen molar-refractivity contribution in [2.75, 3.05) is 7.05 Å². The molecule has 1 saturated carbocycles. The summed E-state index contributed by atoms with van der Waals surface area (Å²) < 4.78 is 26.0. The van der Waals surface area contributed by atoms with Gasteiger partial charge in [0.15, 0.2) is 11.6 Å². The number of carbonyl (C=O) groups is 1. The van der Waals surface area contributed by atoms with Gasteiger partial charge in [-0.3, -0.25) is 4.79 Å². The highest BCUT2D eigenvalue weighted by atomic mass is 19.2. The summed E-state index contributed by atoms with van der Waals surface area (Å²) in [5.41, 5.74) is 6.17. The summed E-state index contributed by atoms with van der Waals surface area (Å²) in [5.74, 6) is -2.28. The number of hydrogen-bond acceptors (Lipinski definition) is 2. The van der Waals surface area contributed by atoms with Crippen molar-refractivity contribution >= 4 is 5.91 Å². The Balaban J connectivity index is 2.15. The molecule has 0 spiro atoms. The molecule has 1 aliphatic rings. The molecule has 0 unspecified atom stereocenters. The van der Waals surface area contributed by atoms with Gasteiger partial charge < -0.3 is 10.6 Å². The quantitative estimate of drug-likeness (QED) is 0.894. The fraction of sp³-hybridized carbons (Fsp3) is 0.500. The van der Waals surface area contributed by atoms with Gasteiger partial charge in [-0.25, -0.2) is 8.78 Å². The standard InChI is InChI=1S/C14H18F2N2O/c1-18(13-5-3-2-4-12(13)17)14(19)9-6-7-10(15)11(16)8-9/h6-8,12-13H,2-5,17H2,1H3/t12-,13-/m1/s1. The van der Waals surface area contributed by atoms with Crippen LogP contribution < -0.4 is 5.73 Å². The maximum absolute atomic E-state index is 13.2. The first-order valence-corrected chi connectivity index (χ1v) is 6.48. The molecule has 1 amide bonds. The number of rotatable bonds is 2. The second-order valence-electron chi connectivity index (χ2n) is 5.06. The highest BCUT2D eigenvalue weighted by molar-refractivity contribution is 5.94. The van der Waals surface area contributed by atoms with E-state index >= 15 is 0 Å². The van der Waals surface area contributed by atoms with E-state index < -0.39 is 11.6 Å². The molecule has 0 aliphatic heterocycles. The molecule has 2 rings (SSSR count). The van der Waals surface area contributed by atoms with Gasteiger partial charge in [-0.05, 0) is 31.0 Å². The molecule has 0 heterocycles. The molecule has 0 radical (unpaired) electrons. The van der Waals surface area contributed by atoms with Crippen molar-refractivity contribution < 1.29 is 13.6 Å². The summed E-state index contributed by atoms with van der Waals surface area (Å²) in [6.45, 7) is 0. The Bertz CT molecular complexity index is 479. The molecule has 0 bridgehead atoms. The van der Waals surface area contributed by atoms with Crippen molar-refractivity contribution in [3.63, 3.8) is 0 Å². The first-order valence-electron chi connectivity index (χ1n) is 6.48. The van der Waals surface area contributed by atoms with E-state index in [4.69, 9.17) is 5.73 Å². The number of carbonyl (C=O) groups excluding carboxylic acids is 1. The van der Waals surface area contributed by atoms with Gasteiger partial charge in [0, 0.05) is 24.7 Å². The first kappa shape index (κ1) is 13.9. The number of halogens is 2. The van der Waals surface area contributed by atoms with E-state index in [1.54, 1.807) is 11.9 Å². The summed E-state index contributed by atoms with van der Waals surface area (Å²) >= 11 is 0. The molecule has 19 heavy (non-hydrogen) atoms. The summed E-state index contributed by atoms with van der Waals surface area (Å²) in [4.78, 5) is 13.8. The van der Waals surface area contributed by atoms with Crippen LogP contribution in [-0.4, -0.2) is 29.9 Å². The molecule has 1 aromatic carbocycles. The SMILES string of the molecule is CN(C(=O)c1ccc(F)c(F)c1)[C@@H]1CCCC[C@H]1N. The van der Waals surface area contributed by atoms with Crippen LogP contribution >= 0.6 is 0 Å². The average molecular weight is 268 g/mol. The minimum atomic E-state index is -1.01. The van der Waals surface area contributed by atoms with Crippen molar-refractivity contribution in [1.29, 1.82) is 0 Å². The Morgan fingerprint density at radius 2 is 1.95 bits per heavy atom. The predicted octanol–water partition coefficient (Wildman–Crippen LogP) is 2.31. The van der Waals surface area contributed by atoms with Crippen LogP contribution in [0.4, 0.5) is 8.78 Å². The van der Waals surface area contributed by atoms with E-state index in [9.17, 15) is 13.6 Å². The van der Waals surface area contributed by atoms with Gasteiger partial charge >= 0.3 is 0 Å². The van der Waals surface area contributed by atoms with Crippen LogP contribution in [0.3, 0.4) is 0 Å². The first-order chi connectivity index (χ1) is 9.00. The third kappa shape index (κ3) is 2.92. The van der Waals surface area contributed by atoms with E-state index in [-0.39, 0.29) is 23.6 Å². The van der Waals surface area contributed by atoms with Gasteiger partial charge in [-0.1, -0.05) is 12.8 Å². The number of nitrogens with zero attached hydrogens (tertiary/aromatic N) is 1. The number of benzene rings is 1. The van der Waals surface area contributed by atoms with E-state index in [0.717, 1.165) is 37.8 Å². The fourth-order valence-corrected chi connectivity index (χ4v) is 2.60. The number of amides is 1. The molecular formula is C14H18F2N2O. The maximum Gasteiger partial charge on any atom is 0.254 e. The lowest BCUT2D eigenvalue weighted by Crippen LogP contribution is -2.50. The van der Waals surface area contributed by atoms with Crippen molar-refractivity contribution in [3.05, 3.63) is 35.4 Å². The molecule has 104 valence electrons. The van der Waals surface area contributed by atoms with E-state index in [0.29, 0.717) is 0 Å². The smallest absolute Gasteiger partial charge is 0.254 e. The Hall–Kier alpha value is -1.49. The second-order valence-corrected chi connectivity index (χ2v) is 5.06. The lowest BCUT2D eigenvalue weighted by atomic mass is 9.90. The minimum absolute atomic E-state index is 0.0330. The summed E-state index contributed by atoms with van der Waals surface area (Å²) in [6.07, 6.45) is 3.85. The normalized spacial score (nSPS) is 23.2. The molecule has 1 aromatic rings. The molecule has 1 fully saturated rings. The van der Waals surface area contributed by atoms with E-state index in [1.165, 1.54) is 6.07 Å². The van der Waals surface area contributed by atoms with Crippen LogP contribution in [0.25, 0.3) is 0 Å². The summed E-state index contributed by atoms with van der Waals surface area (Å²) in [7, 11) is 1.67. The maximum atomic E-state index is 13.2. The van der Waals surface area contributed by atoms with Crippen molar-refractivity contribution in [3.8, 4) is 0 Å². The zero-order valence-corrected chi connectivity index (χ0v) is 10.9. The Labute approximate surface area is 111 Å². The van der Waals surface area contributed by atoms with Crippen LogP contribution in [-0.2, 0) is 0 Å². The zero-order valence-electron chi connectivity index (χ0n) is 10.9. The topological polar surface area (TPSA) is 46.3 Å². The summed E-state index contributed by atoms with van der Waals surface area (Å²) in [5, 5.41) is 0. The van der Waals surface area contributed by atoms with E-state index in [1.807, 2.05) is 0 Å². The third-order valence-electron chi connectivity index (χ3n) is 3.77. The highest BCUT2D eigenvalue weighted by Crippen LogP contribution is 2.22. The largest absolute Gasteiger partial charge is 0.337 e. The van der Waals surface area contributed by atoms with Crippen LogP contribution in [0, 0.1) is 11.6 Å². The third-order valence-corrected chi connectivity index (χ3v) is 3.77. The van der Waals surface area contributed by atoms with Gasteiger partial charge in [0.25, 0.3) is 5.91 Å².